The fraction of sp³-hybridized carbons (Fsp3) is 0.222. The summed E-state index contributed by atoms with van der Waals surface area (Å²) in [6, 6.07) is 8.23. The molecule has 0 radical (unpaired) electrons. The van der Waals surface area contributed by atoms with Gasteiger partial charge in [-0.05, 0) is 12.5 Å². The van der Waals surface area contributed by atoms with Gasteiger partial charge >= 0.3 is 0 Å². The second-order valence-corrected chi connectivity index (χ2v) is 3.15. The molecular weight excluding hydrogens is 154 g/mol. The summed E-state index contributed by atoms with van der Waals surface area (Å²) in [6.07, 6.45) is 0.704. The van der Waals surface area contributed by atoms with Gasteiger partial charge in [0.15, 0.2) is 0 Å². The highest BCUT2D eigenvalue weighted by Crippen LogP contribution is 2.03. The highest BCUT2D eigenvalue weighted by molar-refractivity contribution is 7.80. The number of hydrogen-bond donors (Lipinski definition) is 1. The van der Waals surface area contributed by atoms with Gasteiger partial charge in [-0.2, -0.15) is 0 Å². The zero-order chi connectivity index (χ0) is 8.27. The third-order valence-corrected chi connectivity index (χ3v) is 1.64. The quantitative estimate of drug-likeness (QED) is 0.676. The van der Waals surface area contributed by atoms with Crippen LogP contribution in [0, 0.1) is 6.92 Å². The Bertz CT molecular complexity index is 251. The molecule has 0 heterocycles. The molecular formula is C9H11NS. The molecule has 0 aliphatic rings. The van der Waals surface area contributed by atoms with Crippen LogP contribution in [0.2, 0.25) is 0 Å². The fourth-order valence-electron chi connectivity index (χ4n) is 0.907. The number of nitrogens with two attached hydrogens (primary N) is 1. The van der Waals surface area contributed by atoms with Crippen LogP contribution in [-0.2, 0) is 6.42 Å². The predicted molar refractivity (Wildman–Crippen MR) is 51.7 cm³/mol. The molecule has 1 rings (SSSR count). The van der Waals surface area contributed by atoms with Crippen molar-refractivity contribution in [2.24, 2.45) is 5.73 Å². The molecule has 0 spiro atoms. The normalized spacial score (nSPS) is 9.55. The lowest BCUT2D eigenvalue weighted by Crippen LogP contribution is -2.10. The van der Waals surface area contributed by atoms with Crippen LogP contribution >= 0.6 is 12.2 Å². The summed E-state index contributed by atoms with van der Waals surface area (Å²) in [7, 11) is 0. The summed E-state index contributed by atoms with van der Waals surface area (Å²) >= 11 is 4.79. The van der Waals surface area contributed by atoms with Crippen molar-refractivity contribution in [1.82, 2.24) is 0 Å². The van der Waals surface area contributed by atoms with Gasteiger partial charge in [-0.15, -0.1) is 0 Å². The molecule has 58 valence electrons. The molecule has 0 saturated carbocycles. The minimum absolute atomic E-state index is 0.550. The van der Waals surface area contributed by atoms with Gasteiger partial charge in [0.05, 0.1) is 4.99 Å². The summed E-state index contributed by atoms with van der Waals surface area (Å²) < 4.78 is 0. The van der Waals surface area contributed by atoms with Gasteiger partial charge in [0.25, 0.3) is 0 Å². The molecule has 0 aliphatic heterocycles. The molecule has 0 fully saturated rings. The zero-order valence-corrected chi connectivity index (χ0v) is 7.32. The molecule has 0 unspecified atom stereocenters. The van der Waals surface area contributed by atoms with Crippen molar-refractivity contribution in [2.45, 2.75) is 13.3 Å². The third kappa shape index (κ3) is 2.68. The van der Waals surface area contributed by atoms with E-state index in [-0.39, 0.29) is 0 Å². The van der Waals surface area contributed by atoms with Gasteiger partial charge in [-0.3, -0.25) is 0 Å². The second-order valence-electron chi connectivity index (χ2n) is 2.63. The lowest BCUT2D eigenvalue weighted by atomic mass is 10.1. The van der Waals surface area contributed by atoms with Gasteiger partial charge < -0.3 is 5.73 Å². The Morgan fingerprint density at radius 1 is 1.36 bits per heavy atom. The average molecular weight is 165 g/mol. The van der Waals surface area contributed by atoms with E-state index in [2.05, 4.69) is 31.2 Å². The Balaban J connectivity index is 2.74. The SMILES string of the molecule is Cc1ccc(CC(N)=S)cc1. The van der Waals surface area contributed by atoms with E-state index in [1.54, 1.807) is 0 Å². The number of thiocarbonyl (C=S) groups is 1. The van der Waals surface area contributed by atoms with E-state index in [1.165, 1.54) is 11.1 Å². The molecule has 1 nitrogen and oxygen atoms in total. The highest BCUT2D eigenvalue weighted by atomic mass is 32.1. The van der Waals surface area contributed by atoms with Crippen LogP contribution in [0.25, 0.3) is 0 Å². The first-order chi connectivity index (χ1) is 5.18. The topological polar surface area (TPSA) is 26.0 Å². The van der Waals surface area contributed by atoms with E-state index in [9.17, 15) is 0 Å². The number of benzene rings is 1. The van der Waals surface area contributed by atoms with Gasteiger partial charge in [0.2, 0.25) is 0 Å². The van der Waals surface area contributed by atoms with Crippen molar-refractivity contribution in [3.05, 3.63) is 35.4 Å². The Hall–Kier alpha value is -0.890. The molecule has 11 heavy (non-hydrogen) atoms. The van der Waals surface area contributed by atoms with Crippen molar-refractivity contribution >= 4 is 17.2 Å². The van der Waals surface area contributed by atoms with E-state index in [1.807, 2.05) is 0 Å². The van der Waals surface area contributed by atoms with Gasteiger partial charge in [0, 0.05) is 6.42 Å². The van der Waals surface area contributed by atoms with Gasteiger partial charge in [0.1, 0.15) is 0 Å². The average Bonchev–Trinajstić information content (AvgIpc) is 1.93. The molecule has 2 heteroatoms. The van der Waals surface area contributed by atoms with E-state index < -0.39 is 0 Å². The maximum atomic E-state index is 5.39. The molecule has 0 atom stereocenters. The van der Waals surface area contributed by atoms with Crippen LogP contribution in [0.4, 0.5) is 0 Å². The first-order valence-corrected chi connectivity index (χ1v) is 3.93. The van der Waals surface area contributed by atoms with E-state index in [4.69, 9.17) is 18.0 Å². The highest BCUT2D eigenvalue weighted by Gasteiger charge is 1.92. The van der Waals surface area contributed by atoms with Crippen LogP contribution in [0.15, 0.2) is 24.3 Å². The number of hydrogen-bond acceptors (Lipinski definition) is 1. The van der Waals surface area contributed by atoms with Crippen molar-refractivity contribution in [3.63, 3.8) is 0 Å². The summed E-state index contributed by atoms with van der Waals surface area (Å²) in [5.74, 6) is 0. The molecule has 0 aliphatic carbocycles. The number of aryl methyl sites for hydroxylation is 1. The largest absolute Gasteiger partial charge is 0.393 e. The fourth-order valence-corrected chi connectivity index (χ4v) is 1.07. The van der Waals surface area contributed by atoms with E-state index in [0.29, 0.717) is 11.4 Å². The Morgan fingerprint density at radius 2 is 1.91 bits per heavy atom. The molecule has 1 aromatic rings. The zero-order valence-electron chi connectivity index (χ0n) is 6.50. The lowest BCUT2D eigenvalue weighted by molar-refractivity contribution is 1.31. The predicted octanol–water partition coefficient (Wildman–Crippen LogP) is 1.82. The standard InChI is InChI=1S/C9H11NS/c1-7-2-4-8(5-3-7)6-9(10)11/h2-5H,6H2,1H3,(H2,10,11). The van der Waals surface area contributed by atoms with Gasteiger partial charge in [-0.1, -0.05) is 42.0 Å². The van der Waals surface area contributed by atoms with Crippen molar-refractivity contribution in [1.29, 1.82) is 0 Å². The van der Waals surface area contributed by atoms with Crippen molar-refractivity contribution < 1.29 is 0 Å². The Morgan fingerprint density at radius 3 is 2.36 bits per heavy atom. The minimum atomic E-state index is 0.550. The molecule has 0 aromatic heterocycles. The minimum Gasteiger partial charge on any atom is -0.393 e. The van der Waals surface area contributed by atoms with Crippen LogP contribution in [0.1, 0.15) is 11.1 Å². The van der Waals surface area contributed by atoms with Gasteiger partial charge in [-0.25, -0.2) is 0 Å². The van der Waals surface area contributed by atoms with Crippen molar-refractivity contribution in [2.75, 3.05) is 0 Å². The lowest BCUT2D eigenvalue weighted by Gasteiger charge is -1.98. The first kappa shape index (κ1) is 8.21. The maximum absolute atomic E-state index is 5.39. The molecule has 0 bridgehead atoms. The van der Waals surface area contributed by atoms with Crippen LogP contribution in [0.3, 0.4) is 0 Å². The summed E-state index contributed by atoms with van der Waals surface area (Å²) in [5.41, 5.74) is 7.84. The second kappa shape index (κ2) is 3.49. The monoisotopic (exact) mass is 165 g/mol. The summed E-state index contributed by atoms with van der Waals surface area (Å²) in [4.78, 5) is 0.550. The smallest absolute Gasteiger partial charge is 0.0771 e. The molecule has 1 aromatic carbocycles. The van der Waals surface area contributed by atoms with Crippen LogP contribution < -0.4 is 5.73 Å². The third-order valence-electron chi connectivity index (χ3n) is 1.50. The molecule has 0 amide bonds. The van der Waals surface area contributed by atoms with E-state index >= 15 is 0 Å². The van der Waals surface area contributed by atoms with E-state index in [0.717, 1.165) is 0 Å². The Labute approximate surface area is 72.2 Å². The van der Waals surface area contributed by atoms with Crippen LogP contribution in [0.5, 0.6) is 0 Å². The maximum Gasteiger partial charge on any atom is 0.0771 e. The number of rotatable bonds is 2. The summed E-state index contributed by atoms with van der Waals surface area (Å²) in [5, 5.41) is 0. The molecule has 0 saturated heterocycles. The van der Waals surface area contributed by atoms with Crippen LogP contribution in [-0.4, -0.2) is 4.99 Å². The molecule has 2 N–H and O–H groups in total. The first-order valence-electron chi connectivity index (χ1n) is 3.52. The summed E-state index contributed by atoms with van der Waals surface area (Å²) in [6.45, 7) is 2.06. The Kier molecular flexibility index (Phi) is 2.60. The van der Waals surface area contributed by atoms with Crippen molar-refractivity contribution in [3.8, 4) is 0 Å².